The van der Waals surface area contributed by atoms with Crippen molar-refractivity contribution in [2.24, 2.45) is 0 Å². The summed E-state index contributed by atoms with van der Waals surface area (Å²) in [6.45, 7) is 4.33. The van der Waals surface area contributed by atoms with Crippen molar-refractivity contribution in [3.63, 3.8) is 0 Å². The Kier molecular flexibility index (Phi) is 7.89. The monoisotopic (exact) mass is 422 g/mol. The third-order valence-electron chi connectivity index (χ3n) is 5.52. The molecule has 0 amide bonds. The van der Waals surface area contributed by atoms with Crippen LogP contribution in [0.2, 0.25) is 0 Å². The van der Waals surface area contributed by atoms with Crippen molar-refractivity contribution in [3.8, 4) is 0 Å². The molecule has 2 aliphatic rings. The van der Waals surface area contributed by atoms with E-state index in [4.69, 9.17) is 4.74 Å². The predicted octanol–water partition coefficient (Wildman–Crippen LogP) is 4.05. The van der Waals surface area contributed by atoms with Gasteiger partial charge in [-0.05, 0) is 67.5 Å². The van der Waals surface area contributed by atoms with E-state index in [1.54, 1.807) is 0 Å². The Bertz CT molecular complexity index is 551. The van der Waals surface area contributed by atoms with Gasteiger partial charge < -0.3 is 9.64 Å². The number of rotatable bonds is 7. The second-order valence-electron chi connectivity index (χ2n) is 7.41. The summed E-state index contributed by atoms with van der Waals surface area (Å²) in [5.74, 6) is 0.804. The van der Waals surface area contributed by atoms with Gasteiger partial charge in [-0.1, -0.05) is 18.6 Å². The summed E-state index contributed by atoms with van der Waals surface area (Å²) in [5, 5.41) is 0. The molecule has 6 heteroatoms. The van der Waals surface area contributed by atoms with Crippen molar-refractivity contribution in [2.75, 3.05) is 38.2 Å². The van der Waals surface area contributed by atoms with Crippen molar-refractivity contribution in [2.45, 2.75) is 57.1 Å². The van der Waals surface area contributed by atoms with Gasteiger partial charge in [-0.2, -0.15) is 0 Å². The van der Waals surface area contributed by atoms with Crippen LogP contribution in [-0.4, -0.2) is 60.3 Å². The number of ether oxygens (including phenoxy) is 1. The van der Waals surface area contributed by atoms with Crippen LogP contribution in [-0.2, 0) is 4.74 Å². The van der Waals surface area contributed by atoms with Gasteiger partial charge >= 0.3 is 0 Å². The fraction of sp³-hybridized carbons (Fsp3) is 0.700. The van der Waals surface area contributed by atoms with Crippen LogP contribution in [0.1, 0.15) is 44.9 Å². The Morgan fingerprint density at radius 3 is 2.50 bits per heavy atom. The third-order valence-corrected chi connectivity index (χ3v) is 5.93. The molecule has 3 rings (SSSR count). The van der Waals surface area contributed by atoms with Crippen molar-refractivity contribution in [3.05, 3.63) is 29.0 Å². The molecule has 0 atom stereocenters. The van der Waals surface area contributed by atoms with Gasteiger partial charge in [0.1, 0.15) is 0 Å². The van der Waals surface area contributed by atoms with Crippen molar-refractivity contribution in [1.82, 2.24) is 14.9 Å². The van der Waals surface area contributed by atoms with Crippen LogP contribution >= 0.6 is 15.9 Å². The predicted molar refractivity (Wildman–Crippen MR) is 110 cm³/mol. The molecule has 2 fully saturated rings. The molecule has 0 bridgehead atoms. The molecule has 1 aromatic heterocycles. The summed E-state index contributed by atoms with van der Waals surface area (Å²) in [7, 11) is 2.10. The fourth-order valence-electron chi connectivity index (χ4n) is 3.88. The van der Waals surface area contributed by atoms with E-state index in [0.717, 1.165) is 49.3 Å². The van der Waals surface area contributed by atoms with Gasteiger partial charge in [0, 0.05) is 32.0 Å². The molecule has 0 unspecified atom stereocenters. The Balaban J connectivity index is 1.32. The fourth-order valence-corrected chi connectivity index (χ4v) is 4.08. The molecule has 0 spiro atoms. The molecule has 1 aromatic rings. The van der Waals surface area contributed by atoms with Gasteiger partial charge in [0.2, 0.25) is 5.95 Å². The van der Waals surface area contributed by atoms with Crippen LogP contribution in [0, 0.1) is 0 Å². The molecule has 0 aromatic carbocycles. The molecule has 1 saturated heterocycles. The zero-order valence-corrected chi connectivity index (χ0v) is 17.4. The highest BCUT2D eigenvalue weighted by atomic mass is 79.9. The molecule has 144 valence electrons. The lowest BCUT2D eigenvalue weighted by molar-refractivity contribution is 0.0422. The number of piperidine rings is 1. The van der Waals surface area contributed by atoms with Gasteiger partial charge in [-0.15, -0.1) is 0 Å². The Morgan fingerprint density at radius 1 is 1.12 bits per heavy atom. The average molecular weight is 423 g/mol. The van der Waals surface area contributed by atoms with Crippen molar-refractivity contribution in [1.29, 1.82) is 0 Å². The lowest BCUT2D eigenvalue weighted by Gasteiger charge is -2.34. The van der Waals surface area contributed by atoms with E-state index >= 15 is 0 Å². The summed E-state index contributed by atoms with van der Waals surface area (Å²) in [5.41, 5.74) is 0. The van der Waals surface area contributed by atoms with E-state index in [0.29, 0.717) is 12.1 Å². The molecule has 1 aliphatic heterocycles. The summed E-state index contributed by atoms with van der Waals surface area (Å²) >= 11 is 3.39. The van der Waals surface area contributed by atoms with Crippen LogP contribution in [0.4, 0.5) is 5.95 Å². The molecule has 2 heterocycles. The minimum atomic E-state index is 0.394. The van der Waals surface area contributed by atoms with Gasteiger partial charge in [0.05, 0.1) is 17.2 Å². The first-order valence-corrected chi connectivity index (χ1v) is 10.7. The van der Waals surface area contributed by atoms with Crippen molar-refractivity contribution < 1.29 is 4.74 Å². The molecule has 1 aliphatic carbocycles. The zero-order valence-electron chi connectivity index (χ0n) is 15.8. The second-order valence-corrected chi connectivity index (χ2v) is 8.32. The number of likely N-dealkylation sites (tertiary alicyclic amines) is 1. The minimum absolute atomic E-state index is 0.394. The number of hydrogen-bond acceptors (Lipinski definition) is 5. The molecular formula is C20H31BrN4O. The summed E-state index contributed by atoms with van der Waals surface area (Å²) in [6.07, 6.45) is 17.1. The topological polar surface area (TPSA) is 41.5 Å². The average Bonchev–Trinajstić information content (AvgIpc) is 2.69. The first-order valence-electron chi connectivity index (χ1n) is 9.91. The number of hydrogen-bond donors (Lipinski definition) is 0. The van der Waals surface area contributed by atoms with E-state index in [9.17, 15) is 0 Å². The Hall–Kier alpha value is -0.980. The van der Waals surface area contributed by atoms with Gasteiger partial charge in [-0.3, -0.25) is 4.90 Å². The molecule has 1 saturated carbocycles. The normalized spacial score (nSPS) is 24.8. The Labute approximate surface area is 166 Å². The highest BCUT2D eigenvalue weighted by Gasteiger charge is 2.25. The summed E-state index contributed by atoms with van der Waals surface area (Å²) < 4.78 is 6.98. The van der Waals surface area contributed by atoms with Crippen LogP contribution in [0.3, 0.4) is 0 Å². The molecule has 0 N–H and O–H groups in total. The highest BCUT2D eigenvalue weighted by molar-refractivity contribution is 9.10. The summed E-state index contributed by atoms with van der Waals surface area (Å²) in [4.78, 5) is 13.6. The Morgan fingerprint density at radius 2 is 1.81 bits per heavy atom. The second kappa shape index (κ2) is 10.4. The first kappa shape index (κ1) is 19.8. The quantitative estimate of drug-likeness (QED) is 0.619. The van der Waals surface area contributed by atoms with Gasteiger partial charge in [0.15, 0.2) is 0 Å². The number of nitrogens with zero attached hydrogens (tertiary/aromatic N) is 4. The first-order chi connectivity index (χ1) is 12.7. The lowest BCUT2D eigenvalue weighted by atomic mass is 9.92. The van der Waals surface area contributed by atoms with E-state index in [-0.39, 0.29) is 0 Å². The summed E-state index contributed by atoms with van der Waals surface area (Å²) in [6, 6.07) is 0.505. The molecular weight excluding hydrogens is 392 g/mol. The highest BCUT2D eigenvalue weighted by Crippen LogP contribution is 2.26. The molecule has 26 heavy (non-hydrogen) atoms. The number of aromatic nitrogens is 2. The van der Waals surface area contributed by atoms with Crippen LogP contribution in [0.5, 0.6) is 0 Å². The van der Waals surface area contributed by atoms with Crippen LogP contribution in [0.15, 0.2) is 29.0 Å². The van der Waals surface area contributed by atoms with E-state index in [2.05, 4.69) is 54.9 Å². The SMILES string of the molecule is CN(c1ncc(Br)cn1)C1CCC(OCC=CCN2CCCCC2)CC1. The number of anilines is 1. The van der Waals surface area contributed by atoms with Gasteiger partial charge in [-0.25, -0.2) is 9.97 Å². The van der Waals surface area contributed by atoms with Crippen LogP contribution in [0.25, 0.3) is 0 Å². The lowest BCUT2D eigenvalue weighted by Crippen LogP contribution is -2.38. The minimum Gasteiger partial charge on any atom is -0.374 e. The standard InChI is InChI=1S/C20H31BrN4O/c1-24(20-22-15-17(21)16-23-20)18-7-9-19(10-8-18)26-14-6-5-13-25-11-3-2-4-12-25/h5-6,15-16,18-19H,2-4,7-14H2,1H3. The zero-order chi connectivity index (χ0) is 18.2. The maximum absolute atomic E-state index is 6.06. The largest absolute Gasteiger partial charge is 0.374 e. The molecule has 0 radical (unpaired) electrons. The van der Waals surface area contributed by atoms with E-state index in [1.807, 2.05) is 12.4 Å². The van der Waals surface area contributed by atoms with Crippen molar-refractivity contribution >= 4 is 21.9 Å². The maximum Gasteiger partial charge on any atom is 0.225 e. The van der Waals surface area contributed by atoms with Gasteiger partial charge in [0.25, 0.3) is 0 Å². The van der Waals surface area contributed by atoms with E-state index < -0.39 is 0 Å². The molecule has 5 nitrogen and oxygen atoms in total. The smallest absolute Gasteiger partial charge is 0.225 e. The third kappa shape index (κ3) is 6.03. The maximum atomic E-state index is 6.06. The number of halogens is 1. The van der Waals surface area contributed by atoms with Crippen LogP contribution < -0.4 is 4.90 Å². The van der Waals surface area contributed by atoms with E-state index in [1.165, 1.54) is 32.4 Å².